The van der Waals surface area contributed by atoms with Gasteiger partial charge in [0.05, 0.1) is 10.0 Å². The number of aromatic hydroxyl groups is 1. The number of phenols is 1. The van der Waals surface area contributed by atoms with Crippen LogP contribution in [0.4, 0.5) is 0 Å². The van der Waals surface area contributed by atoms with E-state index in [0.717, 1.165) is 52.4 Å². The van der Waals surface area contributed by atoms with Gasteiger partial charge in [-0.2, -0.15) is 0 Å². The van der Waals surface area contributed by atoms with Crippen LogP contribution in [0.1, 0.15) is 0 Å². The Morgan fingerprint density at radius 1 is 0.636 bits per heavy atom. The summed E-state index contributed by atoms with van der Waals surface area (Å²) < 4.78 is 0. The number of hydrogen-bond donors (Lipinski definition) is 5. The molecule has 2 aliphatic rings. The number of hydrogen-bond acceptors (Lipinski definition) is 5. The van der Waals surface area contributed by atoms with Crippen molar-refractivity contribution in [3.05, 3.63) is 27.2 Å². The van der Waals surface area contributed by atoms with Gasteiger partial charge in [-0.3, -0.25) is 0 Å². The summed E-state index contributed by atoms with van der Waals surface area (Å²) in [6.07, 6.45) is 0. The standard InChI is InChI=1S/C6H3Cl3O.2C4H10N2/c7-3-1-2-4(10)6(9)5(3)8;2*1-2-6-4-3-5-1/h1-2,10H;2*5-6H,1-4H2. The maximum Gasteiger partial charge on any atom is 0.135 e. The largest absolute Gasteiger partial charge is 0.506 e. The lowest BCUT2D eigenvalue weighted by molar-refractivity contribution is 0.475. The van der Waals surface area contributed by atoms with Crippen molar-refractivity contribution >= 4 is 34.8 Å². The van der Waals surface area contributed by atoms with Crippen molar-refractivity contribution in [2.24, 2.45) is 0 Å². The first-order valence-electron chi connectivity index (χ1n) is 7.28. The topological polar surface area (TPSA) is 68.3 Å². The molecule has 5 N–H and O–H groups in total. The molecule has 2 fully saturated rings. The number of nitrogens with one attached hydrogen (secondary N) is 4. The monoisotopic (exact) mass is 368 g/mol. The van der Waals surface area contributed by atoms with E-state index < -0.39 is 0 Å². The molecule has 8 heteroatoms. The van der Waals surface area contributed by atoms with Crippen molar-refractivity contribution in [2.75, 3.05) is 52.4 Å². The van der Waals surface area contributed by atoms with Crippen LogP contribution < -0.4 is 21.3 Å². The van der Waals surface area contributed by atoms with Crippen LogP contribution in [-0.4, -0.2) is 57.5 Å². The first-order valence-corrected chi connectivity index (χ1v) is 8.41. The highest BCUT2D eigenvalue weighted by Gasteiger charge is 2.06. The number of piperazine rings is 2. The average molecular weight is 370 g/mol. The van der Waals surface area contributed by atoms with Gasteiger partial charge in [0.2, 0.25) is 0 Å². The first-order chi connectivity index (χ1) is 10.6. The third kappa shape index (κ3) is 8.39. The number of phenolic OH excluding ortho intramolecular Hbond substituents is 1. The molecule has 2 aliphatic heterocycles. The van der Waals surface area contributed by atoms with E-state index in [2.05, 4.69) is 21.3 Å². The molecule has 0 saturated carbocycles. The molecule has 22 heavy (non-hydrogen) atoms. The maximum atomic E-state index is 8.95. The lowest BCUT2D eigenvalue weighted by atomic mass is 10.3. The minimum atomic E-state index is -0.0592. The second-order valence-corrected chi connectivity index (χ2v) is 5.86. The van der Waals surface area contributed by atoms with Crippen LogP contribution in [0.5, 0.6) is 5.75 Å². The van der Waals surface area contributed by atoms with Crippen molar-refractivity contribution < 1.29 is 5.11 Å². The predicted molar refractivity (Wildman–Crippen MR) is 94.6 cm³/mol. The zero-order chi connectivity index (χ0) is 16.2. The van der Waals surface area contributed by atoms with Crippen LogP contribution in [0.25, 0.3) is 0 Å². The van der Waals surface area contributed by atoms with Gasteiger partial charge in [0.25, 0.3) is 0 Å². The molecule has 0 aromatic heterocycles. The summed E-state index contributed by atoms with van der Waals surface area (Å²) >= 11 is 16.6. The second-order valence-electron chi connectivity index (χ2n) is 4.69. The smallest absolute Gasteiger partial charge is 0.135 e. The molecule has 2 saturated heterocycles. The van der Waals surface area contributed by atoms with E-state index >= 15 is 0 Å². The third-order valence-electron chi connectivity index (χ3n) is 2.93. The molecule has 0 spiro atoms. The van der Waals surface area contributed by atoms with E-state index in [-0.39, 0.29) is 15.8 Å². The van der Waals surface area contributed by atoms with E-state index in [9.17, 15) is 0 Å². The van der Waals surface area contributed by atoms with E-state index in [0.29, 0.717) is 5.02 Å². The lowest BCUT2D eigenvalue weighted by Gasteiger charge is -2.11. The van der Waals surface area contributed by atoms with Crippen LogP contribution in [0, 0.1) is 0 Å². The number of halogens is 3. The highest BCUT2D eigenvalue weighted by atomic mass is 35.5. The predicted octanol–water partition coefficient (Wildman–Crippen LogP) is 1.71. The minimum absolute atomic E-state index is 0.0592. The fraction of sp³-hybridized carbons (Fsp3) is 0.571. The number of benzene rings is 1. The molecule has 1 aromatic rings. The molecule has 126 valence electrons. The van der Waals surface area contributed by atoms with Gasteiger partial charge in [0.1, 0.15) is 10.8 Å². The molecule has 0 bridgehead atoms. The van der Waals surface area contributed by atoms with Crippen molar-refractivity contribution in [3.63, 3.8) is 0 Å². The Kier molecular flexibility index (Phi) is 11.0. The van der Waals surface area contributed by atoms with Gasteiger partial charge in [-0.15, -0.1) is 0 Å². The van der Waals surface area contributed by atoms with Gasteiger partial charge in [-0.25, -0.2) is 0 Å². The van der Waals surface area contributed by atoms with Gasteiger partial charge < -0.3 is 26.4 Å². The summed E-state index contributed by atoms with van der Waals surface area (Å²) in [4.78, 5) is 0. The molecule has 0 unspecified atom stereocenters. The molecule has 3 rings (SSSR count). The quantitative estimate of drug-likeness (QED) is 0.451. The van der Waals surface area contributed by atoms with Crippen LogP contribution in [0.15, 0.2) is 12.1 Å². The summed E-state index contributed by atoms with van der Waals surface area (Å²) in [5.74, 6) is -0.0592. The van der Waals surface area contributed by atoms with Gasteiger partial charge in [-0.05, 0) is 12.1 Å². The Morgan fingerprint density at radius 3 is 1.27 bits per heavy atom. The second kappa shape index (κ2) is 12.2. The molecule has 0 atom stereocenters. The zero-order valence-corrected chi connectivity index (χ0v) is 14.7. The van der Waals surface area contributed by atoms with Crippen LogP contribution in [0.2, 0.25) is 15.1 Å². The normalized spacial score (nSPS) is 17.6. The fourth-order valence-corrected chi connectivity index (χ4v) is 2.25. The van der Waals surface area contributed by atoms with Gasteiger partial charge in [0, 0.05) is 52.4 Å². The van der Waals surface area contributed by atoms with Gasteiger partial charge in [0.15, 0.2) is 0 Å². The zero-order valence-electron chi connectivity index (χ0n) is 12.4. The summed E-state index contributed by atoms with van der Waals surface area (Å²) in [5, 5.41) is 22.5. The van der Waals surface area contributed by atoms with E-state index in [1.54, 1.807) is 0 Å². The Labute approximate surface area is 146 Å². The molecule has 2 heterocycles. The average Bonchev–Trinajstić information content (AvgIpc) is 2.61. The number of rotatable bonds is 0. The maximum absolute atomic E-state index is 8.95. The van der Waals surface area contributed by atoms with Crippen molar-refractivity contribution in [1.29, 1.82) is 0 Å². The Bertz CT molecular complexity index is 365. The molecule has 0 radical (unpaired) electrons. The summed E-state index contributed by atoms with van der Waals surface area (Å²) in [7, 11) is 0. The first kappa shape index (κ1) is 19.8. The van der Waals surface area contributed by atoms with Crippen molar-refractivity contribution in [1.82, 2.24) is 21.3 Å². The minimum Gasteiger partial charge on any atom is -0.506 e. The molecule has 5 nitrogen and oxygen atoms in total. The van der Waals surface area contributed by atoms with Crippen LogP contribution in [0.3, 0.4) is 0 Å². The fourth-order valence-electron chi connectivity index (χ4n) is 1.72. The SMILES string of the molecule is C1CNCCN1.C1CNCCN1.Oc1ccc(Cl)c(Cl)c1Cl. The van der Waals surface area contributed by atoms with Crippen LogP contribution >= 0.6 is 34.8 Å². The van der Waals surface area contributed by atoms with Gasteiger partial charge >= 0.3 is 0 Å². The van der Waals surface area contributed by atoms with Gasteiger partial charge in [-0.1, -0.05) is 34.8 Å². The molecular formula is C14H23Cl3N4O. The van der Waals surface area contributed by atoms with Crippen LogP contribution in [-0.2, 0) is 0 Å². The molecule has 0 amide bonds. The van der Waals surface area contributed by atoms with E-state index in [4.69, 9.17) is 39.9 Å². The Balaban J connectivity index is 0.000000174. The van der Waals surface area contributed by atoms with E-state index in [1.165, 1.54) is 12.1 Å². The third-order valence-corrected chi connectivity index (χ3v) is 4.21. The van der Waals surface area contributed by atoms with Crippen molar-refractivity contribution in [3.8, 4) is 5.75 Å². The van der Waals surface area contributed by atoms with Crippen molar-refractivity contribution in [2.45, 2.75) is 0 Å². The highest BCUT2D eigenvalue weighted by Crippen LogP contribution is 2.35. The summed E-state index contributed by atoms with van der Waals surface area (Å²) in [6, 6.07) is 2.86. The molecule has 1 aromatic carbocycles. The lowest BCUT2D eigenvalue weighted by Crippen LogP contribution is -2.39. The summed E-state index contributed by atoms with van der Waals surface area (Å²) in [5.41, 5.74) is 0. The van der Waals surface area contributed by atoms with E-state index in [1.807, 2.05) is 0 Å². The highest BCUT2D eigenvalue weighted by molar-refractivity contribution is 6.48. The Morgan fingerprint density at radius 2 is 1.00 bits per heavy atom. The molecular weight excluding hydrogens is 347 g/mol. The Hall–Kier alpha value is -0.270. The molecule has 0 aliphatic carbocycles. The summed E-state index contributed by atoms with van der Waals surface area (Å²) in [6.45, 7) is 9.11.